The zero-order valence-electron chi connectivity index (χ0n) is 7.83. The molecule has 0 bridgehead atoms. The third kappa shape index (κ3) is 2.83. The number of nitrogens with two attached hydrogens (primary N) is 1. The average Bonchev–Trinajstić information content (AvgIpc) is 2.19. The molecular formula is C10H11ClN2S. The highest BCUT2D eigenvalue weighted by atomic mass is 35.5. The Morgan fingerprint density at radius 1 is 1.64 bits per heavy atom. The summed E-state index contributed by atoms with van der Waals surface area (Å²) in [5.41, 5.74) is 6.30. The molecular weight excluding hydrogens is 216 g/mol. The second-order valence-electron chi connectivity index (χ2n) is 2.83. The van der Waals surface area contributed by atoms with E-state index in [0.29, 0.717) is 10.7 Å². The lowest BCUT2D eigenvalue weighted by Gasteiger charge is -2.08. The molecule has 14 heavy (non-hydrogen) atoms. The highest BCUT2D eigenvalue weighted by Gasteiger charge is 2.09. The number of nitrogen functional groups attached to an aromatic ring is 1. The predicted octanol–water partition coefficient (Wildman–Crippen LogP) is 3.32. The lowest BCUT2D eigenvalue weighted by molar-refractivity contribution is 0.985. The molecule has 0 aliphatic rings. The van der Waals surface area contributed by atoms with Gasteiger partial charge in [-0.15, -0.1) is 11.8 Å². The summed E-state index contributed by atoms with van der Waals surface area (Å²) in [6.45, 7) is 1.97. The van der Waals surface area contributed by atoms with Crippen molar-refractivity contribution in [3.05, 3.63) is 23.2 Å². The predicted molar refractivity (Wildman–Crippen MR) is 61.4 cm³/mol. The molecule has 0 spiro atoms. The lowest BCUT2D eigenvalue weighted by atomic mass is 10.3. The fourth-order valence-corrected chi connectivity index (χ4v) is 2.13. The molecule has 0 aliphatic carbocycles. The number of nitrogens with zero attached hydrogens (tertiary/aromatic N) is 1. The molecule has 2 N–H and O–H groups in total. The lowest BCUT2D eigenvalue weighted by Crippen LogP contribution is -1.96. The number of benzene rings is 1. The first-order valence-electron chi connectivity index (χ1n) is 4.28. The summed E-state index contributed by atoms with van der Waals surface area (Å²) in [6.07, 6.45) is 0.798. The first-order valence-corrected chi connectivity index (χ1v) is 5.54. The topological polar surface area (TPSA) is 49.8 Å². The third-order valence-corrected chi connectivity index (χ3v) is 3.50. The van der Waals surface area contributed by atoms with Crippen molar-refractivity contribution in [2.24, 2.45) is 0 Å². The van der Waals surface area contributed by atoms with Crippen LogP contribution in [-0.4, -0.2) is 5.25 Å². The summed E-state index contributed by atoms with van der Waals surface area (Å²) >= 11 is 7.42. The number of hydrogen-bond acceptors (Lipinski definition) is 3. The van der Waals surface area contributed by atoms with Crippen LogP contribution >= 0.6 is 23.4 Å². The van der Waals surface area contributed by atoms with Crippen LogP contribution in [0.15, 0.2) is 23.1 Å². The van der Waals surface area contributed by atoms with E-state index in [9.17, 15) is 0 Å². The Morgan fingerprint density at radius 2 is 2.36 bits per heavy atom. The molecule has 0 aliphatic heterocycles. The first-order chi connectivity index (χ1) is 6.67. The van der Waals surface area contributed by atoms with Gasteiger partial charge in [0.05, 0.1) is 16.3 Å². The molecule has 2 nitrogen and oxygen atoms in total. The molecule has 74 valence electrons. The van der Waals surface area contributed by atoms with Gasteiger partial charge < -0.3 is 5.73 Å². The van der Waals surface area contributed by atoms with Crippen molar-refractivity contribution in [2.45, 2.75) is 23.5 Å². The van der Waals surface area contributed by atoms with Gasteiger partial charge in [0.25, 0.3) is 0 Å². The van der Waals surface area contributed by atoms with Gasteiger partial charge in [-0.25, -0.2) is 0 Å². The molecule has 0 heterocycles. The molecule has 0 amide bonds. The van der Waals surface area contributed by atoms with Gasteiger partial charge in [-0.1, -0.05) is 18.5 Å². The molecule has 0 saturated heterocycles. The number of hydrogen-bond donors (Lipinski definition) is 1. The van der Waals surface area contributed by atoms with Crippen molar-refractivity contribution >= 4 is 29.1 Å². The van der Waals surface area contributed by atoms with E-state index < -0.39 is 0 Å². The number of thioether (sulfide) groups is 1. The highest BCUT2D eigenvalue weighted by molar-refractivity contribution is 8.00. The Bertz CT molecular complexity index is 360. The van der Waals surface area contributed by atoms with Crippen molar-refractivity contribution in [2.75, 3.05) is 5.73 Å². The average molecular weight is 227 g/mol. The quantitative estimate of drug-likeness (QED) is 0.636. The number of halogens is 1. The molecule has 1 unspecified atom stereocenters. The maximum atomic E-state index is 8.80. The van der Waals surface area contributed by atoms with Crippen molar-refractivity contribution in [3.8, 4) is 6.07 Å². The summed E-state index contributed by atoms with van der Waals surface area (Å²) in [5.74, 6) is 0. The largest absolute Gasteiger partial charge is 0.399 e. The van der Waals surface area contributed by atoms with Crippen LogP contribution in [0.1, 0.15) is 13.3 Å². The van der Waals surface area contributed by atoms with Crippen molar-refractivity contribution in [1.82, 2.24) is 0 Å². The normalized spacial score (nSPS) is 12.1. The van der Waals surface area contributed by atoms with E-state index in [4.69, 9.17) is 22.6 Å². The zero-order valence-corrected chi connectivity index (χ0v) is 9.40. The van der Waals surface area contributed by atoms with Gasteiger partial charge in [0.1, 0.15) is 0 Å². The monoisotopic (exact) mass is 226 g/mol. The van der Waals surface area contributed by atoms with Crippen LogP contribution in [0.5, 0.6) is 0 Å². The molecule has 1 aromatic rings. The molecule has 0 radical (unpaired) electrons. The van der Waals surface area contributed by atoms with E-state index in [1.165, 1.54) is 11.8 Å². The second kappa shape index (κ2) is 5.14. The summed E-state index contributed by atoms with van der Waals surface area (Å²) in [7, 11) is 0. The molecule has 0 saturated carbocycles. The van der Waals surface area contributed by atoms with Crippen molar-refractivity contribution in [3.63, 3.8) is 0 Å². The summed E-state index contributed by atoms with van der Waals surface area (Å²) in [6, 6.07) is 7.51. The SMILES string of the molecule is CCC(C#N)Sc1cc(N)ccc1Cl. The van der Waals surface area contributed by atoms with Crippen molar-refractivity contribution < 1.29 is 0 Å². The second-order valence-corrected chi connectivity index (χ2v) is 4.49. The van der Waals surface area contributed by atoms with E-state index in [1.807, 2.05) is 6.92 Å². The molecule has 1 rings (SSSR count). The number of nitriles is 1. The van der Waals surface area contributed by atoms with E-state index >= 15 is 0 Å². The van der Waals surface area contributed by atoms with Gasteiger partial charge in [0, 0.05) is 10.6 Å². The van der Waals surface area contributed by atoms with E-state index in [-0.39, 0.29) is 5.25 Å². The summed E-state index contributed by atoms with van der Waals surface area (Å²) in [4.78, 5) is 0.875. The van der Waals surface area contributed by atoms with Gasteiger partial charge in [-0.2, -0.15) is 5.26 Å². The molecule has 0 aromatic heterocycles. The van der Waals surface area contributed by atoms with E-state index in [0.717, 1.165) is 11.3 Å². The standard InChI is InChI=1S/C10H11ClN2S/c1-2-8(6-12)14-10-5-7(13)3-4-9(10)11/h3-5,8H,2,13H2,1H3. The van der Waals surface area contributed by atoms with Crippen LogP contribution in [0.3, 0.4) is 0 Å². The summed E-state index contributed by atoms with van der Waals surface area (Å²) < 4.78 is 0. The Balaban J connectivity index is 2.86. The minimum Gasteiger partial charge on any atom is -0.399 e. The molecule has 1 atom stereocenters. The van der Waals surface area contributed by atoms with Crippen LogP contribution < -0.4 is 5.73 Å². The van der Waals surface area contributed by atoms with Crippen LogP contribution in [-0.2, 0) is 0 Å². The Kier molecular flexibility index (Phi) is 4.12. The Labute approximate surface area is 93.1 Å². The van der Waals surface area contributed by atoms with Gasteiger partial charge in [0.15, 0.2) is 0 Å². The maximum absolute atomic E-state index is 8.80. The molecule has 4 heteroatoms. The third-order valence-electron chi connectivity index (χ3n) is 1.74. The van der Waals surface area contributed by atoms with Crippen LogP contribution in [0, 0.1) is 11.3 Å². The van der Waals surface area contributed by atoms with Gasteiger partial charge in [-0.3, -0.25) is 0 Å². The summed E-state index contributed by atoms with van der Waals surface area (Å²) in [5, 5.41) is 9.39. The smallest absolute Gasteiger partial charge is 0.0961 e. The van der Waals surface area contributed by atoms with Gasteiger partial charge in [-0.05, 0) is 24.6 Å². The highest BCUT2D eigenvalue weighted by Crippen LogP contribution is 2.32. The van der Waals surface area contributed by atoms with Crippen LogP contribution in [0.2, 0.25) is 5.02 Å². The fraction of sp³-hybridized carbons (Fsp3) is 0.300. The van der Waals surface area contributed by atoms with Gasteiger partial charge in [0.2, 0.25) is 0 Å². The van der Waals surface area contributed by atoms with Crippen LogP contribution in [0.25, 0.3) is 0 Å². The minimum atomic E-state index is -0.0608. The van der Waals surface area contributed by atoms with E-state index in [2.05, 4.69) is 6.07 Å². The number of anilines is 1. The molecule has 0 fully saturated rings. The maximum Gasteiger partial charge on any atom is 0.0961 e. The van der Waals surface area contributed by atoms with Gasteiger partial charge >= 0.3 is 0 Å². The minimum absolute atomic E-state index is 0.0608. The van der Waals surface area contributed by atoms with E-state index in [1.54, 1.807) is 18.2 Å². The van der Waals surface area contributed by atoms with Crippen molar-refractivity contribution in [1.29, 1.82) is 5.26 Å². The first kappa shape index (κ1) is 11.2. The van der Waals surface area contributed by atoms with Crippen LogP contribution in [0.4, 0.5) is 5.69 Å². The fourth-order valence-electron chi connectivity index (χ4n) is 0.965. The Morgan fingerprint density at radius 3 is 2.93 bits per heavy atom. The number of rotatable bonds is 3. The zero-order chi connectivity index (χ0) is 10.6. The Hall–Kier alpha value is -0.850. The molecule has 1 aromatic carbocycles.